The molecule has 0 atom stereocenters. The van der Waals surface area contributed by atoms with Crippen molar-refractivity contribution >= 4 is 29.9 Å². The van der Waals surface area contributed by atoms with Crippen LogP contribution in [0, 0.1) is 0 Å². The number of methoxy groups -OCH3 is 2. The fraction of sp³-hybridized carbons (Fsp3) is 0.500. The van der Waals surface area contributed by atoms with E-state index in [1.54, 1.807) is 21.3 Å². The molecule has 1 rings (SSSR count). The highest BCUT2D eigenvalue weighted by Gasteiger charge is 2.09. The van der Waals surface area contributed by atoms with E-state index >= 15 is 0 Å². The van der Waals surface area contributed by atoms with Crippen molar-refractivity contribution in [3.8, 4) is 5.75 Å². The maximum absolute atomic E-state index is 5.35. The van der Waals surface area contributed by atoms with Crippen LogP contribution in [0.25, 0.3) is 0 Å². The SMILES string of the molecule is CN=C(NCCOC)N(C)Cc1ccccc1OC.I. The molecule has 0 saturated heterocycles. The fourth-order valence-electron chi connectivity index (χ4n) is 1.81. The van der Waals surface area contributed by atoms with Gasteiger partial charge in [-0.2, -0.15) is 0 Å². The van der Waals surface area contributed by atoms with Crippen molar-refractivity contribution < 1.29 is 9.47 Å². The van der Waals surface area contributed by atoms with Crippen molar-refractivity contribution in [2.24, 2.45) is 4.99 Å². The van der Waals surface area contributed by atoms with E-state index in [0.717, 1.165) is 30.4 Å². The first-order chi connectivity index (χ1) is 9.22. The lowest BCUT2D eigenvalue weighted by molar-refractivity contribution is 0.203. The average Bonchev–Trinajstić information content (AvgIpc) is 2.44. The maximum atomic E-state index is 5.35. The van der Waals surface area contributed by atoms with Gasteiger partial charge in [0, 0.05) is 39.9 Å². The van der Waals surface area contributed by atoms with E-state index in [2.05, 4.69) is 16.4 Å². The molecule has 0 unspecified atom stereocenters. The van der Waals surface area contributed by atoms with Crippen molar-refractivity contribution in [1.29, 1.82) is 0 Å². The Kier molecular flexibility index (Phi) is 10.2. The van der Waals surface area contributed by atoms with Crippen molar-refractivity contribution in [2.75, 3.05) is 41.5 Å². The first-order valence-corrected chi connectivity index (χ1v) is 6.25. The van der Waals surface area contributed by atoms with E-state index in [1.807, 2.05) is 30.1 Å². The first kappa shape index (κ1) is 19.0. The van der Waals surface area contributed by atoms with Gasteiger partial charge in [0.1, 0.15) is 5.75 Å². The van der Waals surface area contributed by atoms with Crippen LogP contribution in [0.1, 0.15) is 5.56 Å². The quantitative estimate of drug-likeness (QED) is 0.348. The second-order valence-corrected chi connectivity index (χ2v) is 4.13. The van der Waals surface area contributed by atoms with Gasteiger partial charge in [0.05, 0.1) is 13.7 Å². The van der Waals surface area contributed by atoms with Gasteiger partial charge in [-0.3, -0.25) is 4.99 Å². The second-order valence-electron chi connectivity index (χ2n) is 4.13. The molecule has 0 aliphatic rings. The van der Waals surface area contributed by atoms with Gasteiger partial charge in [0.15, 0.2) is 5.96 Å². The Morgan fingerprint density at radius 1 is 1.30 bits per heavy atom. The number of guanidine groups is 1. The summed E-state index contributed by atoms with van der Waals surface area (Å²) in [6, 6.07) is 7.99. The highest BCUT2D eigenvalue weighted by Crippen LogP contribution is 2.18. The van der Waals surface area contributed by atoms with Gasteiger partial charge in [-0.25, -0.2) is 0 Å². The lowest BCUT2D eigenvalue weighted by atomic mass is 10.2. The molecule has 6 heteroatoms. The molecule has 0 radical (unpaired) electrons. The average molecular weight is 393 g/mol. The zero-order valence-corrected chi connectivity index (χ0v) is 14.9. The molecule has 0 fully saturated rings. The summed E-state index contributed by atoms with van der Waals surface area (Å²) in [6.45, 7) is 2.12. The van der Waals surface area contributed by atoms with Gasteiger partial charge in [-0.1, -0.05) is 18.2 Å². The van der Waals surface area contributed by atoms with Crippen LogP contribution in [0.15, 0.2) is 29.3 Å². The number of hydrogen-bond donors (Lipinski definition) is 1. The Morgan fingerprint density at radius 3 is 2.60 bits per heavy atom. The van der Waals surface area contributed by atoms with Crippen LogP contribution in [0.4, 0.5) is 0 Å². The molecule has 5 nitrogen and oxygen atoms in total. The third kappa shape index (κ3) is 5.96. The number of hydrogen-bond acceptors (Lipinski definition) is 3. The van der Waals surface area contributed by atoms with Gasteiger partial charge >= 0.3 is 0 Å². The van der Waals surface area contributed by atoms with Gasteiger partial charge in [0.25, 0.3) is 0 Å². The number of para-hydroxylation sites is 1. The van der Waals surface area contributed by atoms with Crippen LogP contribution in [0.3, 0.4) is 0 Å². The third-order valence-electron chi connectivity index (χ3n) is 2.76. The van der Waals surface area contributed by atoms with Gasteiger partial charge in [0.2, 0.25) is 0 Å². The van der Waals surface area contributed by atoms with E-state index in [4.69, 9.17) is 9.47 Å². The zero-order valence-electron chi connectivity index (χ0n) is 12.5. The highest BCUT2D eigenvalue weighted by molar-refractivity contribution is 14.0. The van der Waals surface area contributed by atoms with Crippen LogP contribution in [-0.2, 0) is 11.3 Å². The molecule has 0 saturated carbocycles. The Bertz CT molecular complexity index is 413. The van der Waals surface area contributed by atoms with E-state index in [0.29, 0.717) is 6.61 Å². The van der Waals surface area contributed by atoms with Crippen LogP contribution >= 0.6 is 24.0 Å². The van der Waals surface area contributed by atoms with Crippen molar-refractivity contribution in [3.05, 3.63) is 29.8 Å². The predicted molar refractivity (Wildman–Crippen MR) is 93.1 cm³/mol. The summed E-state index contributed by atoms with van der Waals surface area (Å²) in [5.41, 5.74) is 1.13. The largest absolute Gasteiger partial charge is 0.496 e. The van der Waals surface area contributed by atoms with E-state index in [9.17, 15) is 0 Å². The first-order valence-electron chi connectivity index (χ1n) is 6.25. The zero-order chi connectivity index (χ0) is 14.1. The monoisotopic (exact) mass is 393 g/mol. The minimum atomic E-state index is 0. The summed E-state index contributed by atoms with van der Waals surface area (Å²) in [6.07, 6.45) is 0. The lowest BCUT2D eigenvalue weighted by Crippen LogP contribution is -2.39. The molecule has 114 valence electrons. The number of rotatable bonds is 6. The molecule has 0 bridgehead atoms. The lowest BCUT2D eigenvalue weighted by Gasteiger charge is -2.23. The molecule has 1 N–H and O–H groups in total. The Balaban J connectivity index is 0.00000361. The predicted octanol–water partition coefficient (Wildman–Crippen LogP) is 1.97. The topological polar surface area (TPSA) is 46.1 Å². The van der Waals surface area contributed by atoms with E-state index in [-0.39, 0.29) is 24.0 Å². The van der Waals surface area contributed by atoms with E-state index < -0.39 is 0 Å². The number of halogens is 1. The van der Waals surface area contributed by atoms with Gasteiger partial charge < -0.3 is 19.7 Å². The van der Waals surface area contributed by atoms with Gasteiger partial charge in [-0.15, -0.1) is 24.0 Å². The van der Waals surface area contributed by atoms with Crippen LogP contribution in [0.2, 0.25) is 0 Å². The molecule has 1 aromatic rings. The Morgan fingerprint density at radius 2 is 2.00 bits per heavy atom. The normalized spacial score (nSPS) is 10.7. The molecule has 0 aliphatic carbocycles. The maximum Gasteiger partial charge on any atom is 0.193 e. The molecule has 1 aromatic carbocycles. The second kappa shape index (κ2) is 10.7. The molecule has 20 heavy (non-hydrogen) atoms. The molecular formula is C14H24IN3O2. The Labute approximate surface area is 138 Å². The summed E-state index contributed by atoms with van der Waals surface area (Å²) in [5, 5.41) is 3.24. The number of aliphatic imine (C=N–C) groups is 1. The number of ether oxygens (including phenoxy) is 2. The number of nitrogens with zero attached hydrogens (tertiary/aromatic N) is 2. The van der Waals surface area contributed by atoms with Crippen molar-refractivity contribution in [1.82, 2.24) is 10.2 Å². The Hall–Kier alpha value is -1.02. The van der Waals surface area contributed by atoms with Crippen LogP contribution in [0.5, 0.6) is 5.75 Å². The molecule has 0 aliphatic heterocycles. The minimum absolute atomic E-state index is 0. The van der Waals surface area contributed by atoms with Crippen LogP contribution < -0.4 is 10.1 Å². The summed E-state index contributed by atoms with van der Waals surface area (Å²) in [7, 11) is 7.13. The molecule has 0 amide bonds. The number of nitrogens with one attached hydrogen (secondary N) is 1. The fourth-order valence-corrected chi connectivity index (χ4v) is 1.81. The molecular weight excluding hydrogens is 369 g/mol. The smallest absolute Gasteiger partial charge is 0.193 e. The summed E-state index contributed by atoms with van der Waals surface area (Å²) >= 11 is 0. The van der Waals surface area contributed by atoms with Crippen molar-refractivity contribution in [2.45, 2.75) is 6.54 Å². The van der Waals surface area contributed by atoms with E-state index in [1.165, 1.54) is 0 Å². The molecule has 0 heterocycles. The standard InChI is InChI=1S/C14H23N3O2.HI/c1-15-14(16-9-10-18-3)17(2)11-12-7-5-6-8-13(12)19-4;/h5-8H,9-11H2,1-4H3,(H,15,16);1H. The van der Waals surface area contributed by atoms with Crippen molar-refractivity contribution in [3.63, 3.8) is 0 Å². The minimum Gasteiger partial charge on any atom is -0.496 e. The highest BCUT2D eigenvalue weighted by atomic mass is 127. The summed E-state index contributed by atoms with van der Waals surface area (Å²) in [5.74, 6) is 1.73. The molecule has 0 spiro atoms. The summed E-state index contributed by atoms with van der Waals surface area (Å²) < 4.78 is 10.4. The van der Waals surface area contributed by atoms with Crippen LogP contribution in [-0.4, -0.2) is 52.3 Å². The summed E-state index contributed by atoms with van der Waals surface area (Å²) in [4.78, 5) is 6.30. The van der Waals surface area contributed by atoms with Gasteiger partial charge in [-0.05, 0) is 6.07 Å². The third-order valence-corrected chi connectivity index (χ3v) is 2.76. The molecule has 0 aromatic heterocycles. The number of benzene rings is 1.